The number of para-hydroxylation sites is 2. The minimum atomic E-state index is -0.567. The fraction of sp³-hybridized carbons (Fsp3) is 0.125. The molecule has 0 spiro atoms. The lowest BCUT2D eigenvalue weighted by atomic mass is 10.2. The fourth-order valence-corrected chi connectivity index (χ4v) is 2.71. The normalized spacial score (nSPS) is 10.8. The quantitative estimate of drug-likeness (QED) is 0.446. The smallest absolute Gasteiger partial charge is 0.319 e. The van der Waals surface area contributed by atoms with Crippen LogP contribution >= 0.6 is 0 Å². The third-order valence-electron chi connectivity index (χ3n) is 4.10. The lowest BCUT2D eigenvalue weighted by Crippen LogP contribution is -2.34. The first kappa shape index (κ1) is 22.5. The van der Waals surface area contributed by atoms with Crippen molar-refractivity contribution in [1.29, 1.82) is 0 Å². The van der Waals surface area contributed by atoms with E-state index in [1.807, 2.05) is 13.8 Å². The largest absolute Gasteiger partial charge is 0.453 e. The first-order valence-electron chi connectivity index (χ1n) is 9.94. The summed E-state index contributed by atoms with van der Waals surface area (Å²) in [5.74, 6) is -0.524. The molecule has 8 heteroatoms. The minimum absolute atomic E-state index is 0.0266. The number of nitrogens with one attached hydrogen (secondary N) is 3. The van der Waals surface area contributed by atoms with Crippen LogP contribution in [0.5, 0.6) is 11.5 Å². The van der Waals surface area contributed by atoms with Crippen molar-refractivity contribution in [2.24, 2.45) is 0 Å². The second kappa shape index (κ2) is 10.7. The van der Waals surface area contributed by atoms with Crippen molar-refractivity contribution in [3.8, 4) is 11.5 Å². The zero-order valence-corrected chi connectivity index (χ0v) is 17.6. The Bertz CT molecular complexity index is 1120. The molecule has 0 saturated carbocycles. The van der Waals surface area contributed by atoms with Crippen molar-refractivity contribution in [2.75, 3.05) is 10.6 Å². The monoisotopic (exact) mass is 434 g/mol. The van der Waals surface area contributed by atoms with Crippen LogP contribution in [0.1, 0.15) is 19.4 Å². The summed E-state index contributed by atoms with van der Waals surface area (Å²) in [6, 6.07) is 14.2. The number of carbonyl (C=O) groups excluding carboxylic acids is 2. The van der Waals surface area contributed by atoms with Crippen LogP contribution in [0, 0.1) is 5.82 Å². The molecule has 0 radical (unpaired) electrons. The Labute approximate surface area is 185 Å². The lowest BCUT2D eigenvalue weighted by Gasteiger charge is -2.13. The average Bonchev–Trinajstić information content (AvgIpc) is 2.75. The van der Waals surface area contributed by atoms with E-state index in [0.717, 1.165) is 0 Å². The van der Waals surface area contributed by atoms with Gasteiger partial charge in [-0.1, -0.05) is 18.2 Å². The molecule has 3 aromatic rings. The molecular formula is C24H23FN4O3. The zero-order valence-electron chi connectivity index (χ0n) is 17.6. The summed E-state index contributed by atoms with van der Waals surface area (Å²) in [7, 11) is 0. The van der Waals surface area contributed by atoms with Crippen LogP contribution in [0.15, 0.2) is 73.1 Å². The van der Waals surface area contributed by atoms with E-state index < -0.39 is 11.7 Å². The van der Waals surface area contributed by atoms with Gasteiger partial charge in [0.1, 0.15) is 5.75 Å². The summed E-state index contributed by atoms with van der Waals surface area (Å²) in [5.41, 5.74) is 1.38. The third kappa shape index (κ3) is 6.66. The van der Waals surface area contributed by atoms with Gasteiger partial charge in [-0.25, -0.2) is 9.18 Å². The van der Waals surface area contributed by atoms with Crippen LogP contribution in [0.4, 0.5) is 20.6 Å². The van der Waals surface area contributed by atoms with Gasteiger partial charge >= 0.3 is 6.03 Å². The maximum atomic E-state index is 14.3. The third-order valence-corrected chi connectivity index (χ3v) is 4.10. The highest BCUT2D eigenvalue weighted by Gasteiger charge is 2.09. The minimum Gasteiger partial charge on any atom is -0.453 e. The van der Waals surface area contributed by atoms with Crippen LogP contribution in [-0.4, -0.2) is 23.0 Å². The van der Waals surface area contributed by atoms with E-state index in [9.17, 15) is 14.0 Å². The SMILES string of the molecule is CC(C)NC(=O)Nc1ccccc1NC(=O)/C=C/c1ccc(Oc2cccnc2)c(F)c1. The molecule has 0 aliphatic rings. The van der Waals surface area contributed by atoms with Crippen LogP contribution in [0.2, 0.25) is 0 Å². The molecule has 0 atom stereocenters. The summed E-state index contributed by atoms with van der Waals surface area (Å²) in [6.45, 7) is 3.69. The number of nitrogens with zero attached hydrogens (tertiary/aromatic N) is 1. The van der Waals surface area contributed by atoms with E-state index in [4.69, 9.17) is 4.74 Å². The number of anilines is 2. The van der Waals surface area contributed by atoms with Gasteiger partial charge < -0.3 is 20.7 Å². The molecule has 7 nitrogen and oxygen atoms in total. The predicted molar refractivity (Wildman–Crippen MR) is 122 cm³/mol. The van der Waals surface area contributed by atoms with E-state index in [-0.39, 0.29) is 17.8 Å². The number of hydrogen-bond acceptors (Lipinski definition) is 4. The first-order valence-corrected chi connectivity index (χ1v) is 9.94. The topological polar surface area (TPSA) is 92.4 Å². The Morgan fingerprint density at radius 2 is 1.78 bits per heavy atom. The summed E-state index contributed by atoms with van der Waals surface area (Å²) in [5, 5.41) is 8.12. The van der Waals surface area contributed by atoms with E-state index in [1.165, 1.54) is 30.5 Å². The number of carbonyl (C=O) groups is 2. The zero-order chi connectivity index (χ0) is 22.9. The second-order valence-electron chi connectivity index (χ2n) is 7.10. The Balaban J connectivity index is 1.63. The van der Waals surface area contributed by atoms with Crippen molar-refractivity contribution < 1.29 is 18.7 Å². The molecule has 0 bridgehead atoms. The van der Waals surface area contributed by atoms with Gasteiger partial charge in [-0.15, -0.1) is 0 Å². The van der Waals surface area contributed by atoms with E-state index in [0.29, 0.717) is 22.7 Å². The van der Waals surface area contributed by atoms with E-state index >= 15 is 0 Å². The molecule has 0 fully saturated rings. The molecular weight excluding hydrogens is 411 g/mol. The lowest BCUT2D eigenvalue weighted by molar-refractivity contribution is -0.111. The molecule has 0 aliphatic carbocycles. The van der Waals surface area contributed by atoms with Gasteiger partial charge in [0.2, 0.25) is 5.91 Å². The highest BCUT2D eigenvalue weighted by atomic mass is 19.1. The number of rotatable bonds is 7. The van der Waals surface area contributed by atoms with Gasteiger partial charge in [0.25, 0.3) is 0 Å². The maximum Gasteiger partial charge on any atom is 0.319 e. The Hall–Kier alpha value is -4.20. The van der Waals surface area contributed by atoms with Crippen molar-refractivity contribution in [3.63, 3.8) is 0 Å². The first-order chi connectivity index (χ1) is 15.4. The van der Waals surface area contributed by atoms with Crippen molar-refractivity contribution >= 4 is 29.4 Å². The number of aromatic nitrogens is 1. The molecule has 164 valence electrons. The summed E-state index contributed by atoms with van der Waals surface area (Å²) < 4.78 is 19.8. The number of pyridine rings is 1. The summed E-state index contributed by atoms with van der Waals surface area (Å²) in [4.78, 5) is 28.2. The number of amides is 3. The standard InChI is InChI=1S/C24H23FN4O3/c1-16(2)27-24(31)29-21-8-4-3-7-20(21)28-23(30)12-10-17-9-11-22(19(25)14-17)32-18-6-5-13-26-15-18/h3-16H,1-2H3,(H,28,30)(H2,27,29,31)/b12-10+. The van der Waals surface area contributed by atoms with Crippen LogP contribution in [0.3, 0.4) is 0 Å². The van der Waals surface area contributed by atoms with Crippen molar-refractivity contribution in [1.82, 2.24) is 10.3 Å². The molecule has 0 saturated heterocycles. The molecule has 3 N–H and O–H groups in total. The average molecular weight is 434 g/mol. The molecule has 32 heavy (non-hydrogen) atoms. The number of benzene rings is 2. The predicted octanol–water partition coefficient (Wildman–Crippen LogP) is 5.19. The molecule has 0 aliphatic heterocycles. The van der Waals surface area contributed by atoms with E-state index in [2.05, 4.69) is 20.9 Å². The van der Waals surface area contributed by atoms with Gasteiger partial charge in [0.05, 0.1) is 17.6 Å². The van der Waals surface area contributed by atoms with Crippen LogP contribution in [0.25, 0.3) is 6.08 Å². The molecule has 3 rings (SSSR count). The highest BCUT2D eigenvalue weighted by Crippen LogP contribution is 2.25. The molecule has 2 aromatic carbocycles. The van der Waals surface area contributed by atoms with Gasteiger partial charge in [-0.2, -0.15) is 0 Å². The molecule has 3 amide bonds. The van der Waals surface area contributed by atoms with Gasteiger partial charge in [0.15, 0.2) is 11.6 Å². The fourth-order valence-electron chi connectivity index (χ4n) is 2.71. The Morgan fingerprint density at radius 3 is 2.44 bits per heavy atom. The molecule has 1 aromatic heterocycles. The maximum absolute atomic E-state index is 14.3. The van der Waals surface area contributed by atoms with Gasteiger partial charge in [-0.05, 0) is 61.9 Å². The molecule has 0 unspecified atom stereocenters. The Morgan fingerprint density at radius 1 is 1.03 bits per heavy atom. The number of hydrogen-bond donors (Lipinski definition) is 3. The van der Waals surface area contributed by atoms with Crippen molar-refractivity contribution in [3.05, 3.63) is 84.4 Å². The second-order valence-corrected chi connectivity index (χ2v) is 7.10. The number of urea groups is 1. The van der Waals surface area contributed by atoms with Gasteiger partial charge in [0, 0.05) is 18.3 Å². The van der Waals surface area contributed by atoms with Crippen LogP contribution < -0.4 is 20.7 Å². The van der Waals surface area contributed by atoms with E-state index in [1.54, 1.807) is 48.7 Å². The highest BCUT2D eigenvalue weighted by molar-refractivity contribution is 6.05. The molecule has 1 heterocycles. The van der Waals surface area contributed by atoms with Crippen molar-refractivity contribution in [2.45, 2.75) is 19.9 Å². The summed E-state index contributed by atoms with van der Waals surface area (Å²) >= 11 is 0. The number of ether oxygens (including phenoxy) is 1. The Kier molecular flexibility index (Phi) is 7.53. The number of halogens is 1. The van der Waals surface area contributed by atoms with Gasteiger partial charge in [-0.3, -0.25) is 9.78 Å². The van der Waals surface area contributed by atoms with Crippen LogP contribution in [-0.2, 0) is 4.79 Å². The summed E-state index contributed by atoms with van der Waals surface area (Å²) in [6.07, 6.45) is 5.84.